The van der Waals surface area contributed by atoms with Crippen LogP contribution < -0.4 is 10.6 Å². The summed E-state index contributed by atoms with van der Waals surface area (Å²) in [5.74, 6) is -0.846. The Labute approximate surface area is 183 Å². The van der Waals surface area contributed by atoms with Gasteiger partial charge >= 0.3 is 6.18 Å². The van der Waals surface area contributed by atoms with Gasteiger partial charge in [-0.2, -0.15) is 13.2 Å². The number of carbonyl (C=O) groups excluding carboxylic acids is 2. The van der Waals surface area contributed by atoms with Crippen molar-refractivity contribution in [1.82, 2.24) is 5.32 Å². The molecule has 31 heavy (non-hydrogen) atoms. The molecule has 166 valence electrons. The van der Waals surface area contributed by atoms with Crippen LogP contribution >= 0.6 is 11.6 Å². The lowest BCUT2D eigenvalue weighted by atomic mass is 10.1. The third-order valence-corrected chi connectivity index (χ3v) is 4.40. The van der Waals surface area contributed by atoms with Crippen LogP contribution in [0.2, 0.25) is 5.02 Å². The van der Waals surface area contributed by atoms with Crippen molar-refractivity contribution in [2.45, 2.75) is 19.5 Å². The highest BCUT2D eigenvalue weighted by atomic mass is 35.5. The standard InChI is InChI=1S/C22H22ClF3N2O3/c1-2-31-12-4-11-27-21(30)16-5-3-6-17(14-16)28-20(29)10-8-15-7-9-19(23)18(13-15)22(24,25)26/h3,5-10,13-14H,2,4,11-12H2,1H3,(H,27,30)(H,28,29)/b10-8+. The van der Waals surface area contributed by atoms with E-state index in [0.717, 1.165) is 18.2 Å². The molecule has 0 aliphatic carbocycles. The van der Waals surface area contributed by atoms with Gasteiger partial charge in [-0.15, -0.1) is 0 Å². The summed E-state index contributed by atoms with van der Waals surface area (Å²) in [5, 5.41) is 4.92. The van der Waals surface area contributed by atoms with Gasteiger partial charge in [-0.3, -0.25) is 9.59 Å². The number of nitrogens with one attached hydrogen (secondary N) is 2. The smallest absolute Gasteiger partial charge is 0.382 e. The minimum absolute atomic E-state index is 0.173. The largest absolute Gasteiger partial charge is 0.417 e. The van der Waals surface area contributed by atoms with Gasteiger partial charge in [0.05, 0.1) is 10.6 Å². The Balaban J connectivity index is 1.97. The van der Waals surface area contributed by atoms with Gasteiger partial charge in [0.2, 0.25) is 5.91 Å². The SMILES string of the molecule is CCOCCCNC(=O)c1cccc(NC(=O)/C=C/c2ccc(Cl)c(C(F)(F)F)c2)c1. The Morgan fingerprint density at radius 1 is 1.16 bits per heavy atom. The molecule has 2 N–H and O–H groups in total. The van der Waals surface area contributed by atoms with Crippen LogP contribution in [-0.4, -0.2) is 31.6 Å². The average Bonchev–Trinajstić information content (AvgIpc) is 2.72. The van der Waals surface area contributed by atoms with Gasteiger partial charge in [-0.05, 0) is 55.3 Å². The van der Waals surface area contributed by atoms with Gasteiger partial charge in [0.15, 0.2) is 0 Å². The number of hydrogen-bond acceptors (Lipinski definition) is 3. The molecule has 2 rings (SSSR count). The molecule has 0 aliphatic rings. The first-order valence-electron chi connectivity index (χ1n) is 9.52. The first-order chi connectivity index (χ1) is 14.7. The zero-order valence-corrected chi connectivity index (χ0v) is 17.5. The number of rotatable bonds is 9. The zero-order chi connectivity index (χ0) is 22.9. The van der Waals surface area contributed by atoms with E-state index >= 15 is 0 Å². The fourth-order valence-electron chi connectivity index (χ4n) is 2.58. The maximum atomic E-state index is 12.9. The van der Waals surface area contributed by atoms with Crippen LogP contribution in [0.3, 0.4) is 0 Å². The highest BCUT2D eigenvalue weighted by molar-refractivity contribution is 6.31. The van der Waals surface area contributed by atoms with Crippen molar-refractivity contribution in [1.29, 1.82) is 0 Å². The predicted molar refractivity (Wildman–Crippen MR) is 114 cm³/mol. The van der Waals surface area contributed by atoms with E-state index in [9.17, 15) is 22.8 Å². The lowest BCUT2D eigenvalue weighted by Gasteiger charge is -2.09. The van der Waals surface area contributed by atoms with Crippen molar-refractivity contribution in [2.24, 2.45) is 0 Å². The first-order valence-corrected chi connectivity index (χ1v) is 9.90. The summed E-state index contributed by atoms with van der Waals surface area (Å²) in [6.07, 6.45) is -1.56. The molecular formula is C22H22ClF3N2O3. The zero-order valence-electron chi connectivity index (χ0n) is 16.8. The minimum Gasteiger partial charge on any atom is -0.382 e. The molecule has 9 heteroatoms. The molecule has 0 saturated heterocycles. The number of ether oxygens (including phenoxy) is 1. The van der Waals surface area contributed by atoms with Crippen molar-refractivity contribution in [3.63, 3.8) is 0 Å². The average molecular weight is 455 g/mol. The van der Waals surface area contributed by atoms with E-state index in [1.54, 1.807) is 18.2 Å². The number of benzene rings is 2. The van der Waals surface area contributed by atoms with Crippen LogP contribution in [0, 0.1) is 0 Å². The van der Waals surface area contributed by atoms with Gasteiger partial charge < -0.3 is 15.4 Å². The molecular weight excluding hydrogens is 433 g/mol. The molecule has 0 atom stereocenters. The minimum atomic E-state index is -4.59. The second-order valence-electron chi connectivity index (χ2n) is 6.45. The lowest BCUT2D eigenvalue weighted by Crippen LogP contribution is -2.25. The van der Waals surface area contributed by atoms with E-state index in [1.807, 2.05) is 6.92 Å². The van der Waals surface area contributed by atoms with Gasteiger partial charge in [-0.1, -0.05) is 23.7 Å². The number of amides is 2. The van der Waals surface area contributed by atoms with Crippen LogP contribution in [0.15, 0.2) is 48.5 Å². The van der Waals surface area contributed by atoms with Crippen LogP contribution in [0.4, 0.5) is 18.9 Å². The van der Waals surface area contributed by atoms with Gasteiger partial charge in [0.1, 0.15) is 0 Å². The van der Waals surface area contributed by atoms with E-state index in [4.69, 9.17) is 16.3 Å². The summed E-state index contributed by atoms with van der Waals surface area (Å²) >= 11 is 5.58. The second-order valence-corrected chi connectivity index (χ2v) is 6.85. The third kappa shape index (κ3) is 8.07. The second kappa shape index (κ2) is 11.5. The fraction of sp³-hybridized carbons (Fsp3) is 0.273. The Morgan fingerprint density at radius 2 is 1.94 bits per heavy atom. The number of alkyl halides is 3. The number of halogens is 4. The van der Waals surface area contributed by atoms with Crippen LogP contribution in [0.1, 0.15) is 34.8 Å². The summed E-state index contributed by atoms with van der Waals surface area (Å²) in [7, 11) is 0. The lowest BCUT2D eigenvalue weighted by molar-refractivity contribution is -0.137. The van der Waals surface area contributed by atoms with Gasteiger partial charge in [-0.25, -0.2) is 0 Å². The Bertz CT molecular complexity index is 946. The quantitative estimate of drug-likeness (QED) is 0.406. The molecule has 0 radical (unpaired) electrons. The fourth-order valence-corrected chi connectivity index (χ4v) is 2.81. The molecule has 0 spiro atoms. The van der Waals surface area contributed by atoms with E-state index in [-0.39, 0.29) is 11.5 Å². The molecule has 0 bridgehead atoms. The number of carbonyl (C=O) groups is 2. The molecule has 0 aromatic heterocycles. The first kappa shape index (κ1) is 24.4. The maximum absolute atomic E-state index is 12.9. The number of hydrogen-bond donors (Lipinski definition) is 2. The van der Waals surface area contributed by atoms with Crippen molar-refractivity contribution in [3.8, 4) is 0 Å². The predicted octanol–water partition coefficient (Wildman–Crippen LogP) is 5.17. The van der Waals surface area contributed by atoms with Crippen molar-refractivity contribution < 1.29 is 27.5 Å². The molecule has 0 aliphatic heterocycles. The molecule has 0 fully saturated rings. The van der Waals surface area contributed by atoms with Crippen molar-refractivity contribution in [2.75, 3.05) is 25.1 Å². The normalized spacial score (nSPS) is 11.5. The molecule has 5 nitrogen and oxygen atoms in total. The van der Waals surface area contributed by atoms with Crippen LogP contribution in [-0.2, 0) is 15.7 Å². The summed E-state index contributed by atoms with van der Waals surface area (Å²) in [6, 6.07) is 9.69. The Kier molecular flexibility index (Phi) is 9.08. The summed E-state index contributed by atoms with van der Waals surface area (Å²) < 4.78 is 44.0. The van der Waals surface area contributed by atoms with Crippen molar-refractivity contribution in [3.05, 3.63) is 70.3 Å². The molecule has 2 aromatic rings. The van der Waals surface area contributed by atoms with E-state index in [2.05, 4.69) is 10.6 Å². The highest BCUT2D eigenvalue weighted by Gasteiger charge is 2.33. The Morgan fingerprint density at radius 3 is 2.65 bits per heavy atom. The monoisotopic (exact) mass is 454 g/mol. The molecule has 0 heterocycles. The van der Waals surface area contributed by atoms with Gasteiger partial charge in [0, 0.05) is 37.1 Å². The molecule has 0 unspecified atom stereocenters. The van der Waals surface area contributed by atoms with Crippen LogP contribution in [0.5, 0.6) is 0 Å². The van der Waals surface area contributed by atoms with Crippen LogP contribution in [0.25, 0.3) is 6.08 Å². The van der Waals surface area contributed by atoms with E-state index in [0.29, 0.717) is 37.4 Å². The van der Waals surface area contributed by atoms with E-state index in [1.165, 1.54) is 18.2 Å². The topological polar surface area (TPSA) is 67.4 Å². The highest BCUT2D eigenvalue weighted by Crippen LogP contribution is 2.35. The summed E-state index contributed by atoms with van der Waals surface area (Å²) in [5.41, 5.74) is -0.0573. The Hall–Kier alpha value is -2.84. The van der Waals surface area contributed by atoms with Gasteiger partial charge in [0.25, 0.3) is 5.91 Å². The van der Waals surface area contributed by atoms with E-state index < -0.39 is 22.7 Å². The molecule has 2 amide bonds. The maximum Gasteiger partial charge on any atom is 0.417 e. The third-order valence-electron chi connectivity index (χ3n) is 4.07. The summed E-state index contributed by atoms with van der Waals surface area (Å²) in [6.45, 7) is 3.52. The number of anilines is 1. The summed E-state index contributed by atoms with van der Waals surface area (Å²) in [4.78, 5) is 24.3. The molecule has 2 aromatic carbocycles. The van der Waals surface area contributed by atoms with Crippen molar-refractivity contribution >= 4 is 35.2 Å². The molecule has 0 saturated carbocycles.